The SMILES string of the molecule is COc1ccc(-c2cc(C)cc3c2O[C@@H](CNC(=O)c2ccc(N4CCCC4)cc2)C3)nn1. The molecule has 3 heterocycles. The van der Waals surface area contributed by atoms with Crippen LogP contribution in [0.15, 0.2) is 48.5 Å². The number of hydrogen-bond donors (Lipinski definition) is 1. The van der Waals surface area contributed by atoms with Crippen molar-refractivity contribution in [2.24, 2.45) is 0 Å². The summed E-state index contributed by atoms with van der Waals surface area (Å²) in [6, 6.07) is 15.7. The number of amides is 1. The molecule has 2 aromatic carbocycles. The largest absolute Gasteiger partial charge is 0.487 e. The number of carbonyl (C=O) groups is 1. The number of hydrogen-bond acceptors (Lipinski definition) is 6. The van der Waals surface area contributed by atoms with E-state index in [0.29, 0.717) is 18.0 Å². The molecule has 2 aliphatic heterocycles. The first kappa shape index (κ1) is 21.2. The Morgan fingerprint density at radius 3 is 2.61 bits per heavy atom. The van der Waals surface area contributed by atoms with Gasteiger partial charge in [-0.25, -0.2) is 0 Å². The van der Waals surface area contributed by atoms with Gasteiger partial charge < -0.3 is 19.7 Å². The first-order valence-corrected chi connectivity index (χ1v) is 11.4. The van der Waals surface area contributed by atoms with Crippen molar-refractivity contribution in [2.75, 3.05) is 31.6 Å². The van der Waals surface area contributed by atoms with Crippen LogP contribution in [0.5, 0.6) is 11.6 Å². The zero-order valence-corrected chi connectivity index (χ0v) is 19.0. The maximum absolute atomic E-state index is 12.7. The lowest BCUT2D eigenvalue weighted by Crippen LogP contribution is -2.34. The van der Waals surface area contributed by atoms with Crippen molar-refractivity contribution in [2.45, 2.75) is 32.3 Å². The van der Waals surface area contributed by atoms with Gasteiger partial charge in [-0.1, -0.05) is 6.07 Å². The Kier molecular flexibility index (Phi) is 5.86. The number of ether oxygens (including phenoxy) is 2. The van der Waals surface area contributed by atoms with Gasteiger partial charge in [0.2, 0.25) is 5.88 Å². The minimum atomic E-state index is -0.125. The Labute approximate surface area is 193 Å². The third-order valence-corrected chi connectivity index (χ3v) is 6.26. The number of aromatic nitrogens is 2. The number of aryl methyl sites for hydroxylation is 1. The fraction of sp³-hybridized carbons (Fsp3) is 0.346. The molecule has 0 radical (unpaired) electrons. The summed E-state index contributed by atoms with van der Waals surface area (Å²) in [7, 11) is 1.57. The third kappa shape index (κ3) is 4.49. The summed E-state index contributed by atoms with van der Waals surface area (Å²) in [5.74, 6) is 1.20. The van der Waals surface area contributed by atoms with Gasteiger partial charge in [0.05, 0.1) is 19.3 Å². The summed E-state index contributed by atoms with van der Waals surface area (Å²) in [6.45, 7) is 4.68. The predicted octanol–water partition coefficient (Wildman–Crippen LogP) is 3.79. The second-order valence-electron chi connectivity index (χ2n) is 8.66. The highest BCUT2D eigenvalue weighted by Crippen LogP contribution is 2.39. The Bertz CT molecular complexity index is 1140. The number of fused-ring (bicyclic) bond motifs is 1. The van der Waals surface area contributed by atoms with Crippen molar-refractivity contribution >= 4 is 11.6 Å². The summed E-state index contributed by atoms with van der Waals surface area (Å²) < 4.78 is 11.4. The molecule has 0 unspecified atom stereocenters. The van der Waals surface area contributed by atoms with Crippen molar-refractivity contribution in [1.82, 2.24) is 15.5 Å². The first-order chi connectivity index (χ1) is 16.1. The van der Waals surface area contributed by atoms with Crippen molar-refractivity contribution in [1.29, 1.82) is 0 Å². The molecule has 1 atom stereocenters. The molecule has 1 aromatic heterocycles. The minimum Gasteiger partial charge on any atom is -0.487 e. The molecule has 0 bridgehead atoms. The topological polar surface area (TPSA) is 76.6 Å². The lowest BCUT2D eigenvalue weighted by Gasteiger charge is -2.18. The van der Waals surface area contributed by atoms with Gasteiger partial charge in [0.1, 0.15) is 11.9 Å². The average molecular weight is 445 g/mol. The van der Waals surface area contributed by atoms with Gasteiger partial charge in [-0.05, 0) is 67.3 Å². The average Bonchev–Trinajstić information content (AvgIpc) is 3.52. The highest BCUT2D eigenvalue weighted by molar-refractivity contribution is 5.94. The Morgan fingerprint density at radius 2 is 1.91 bits per heavy atom. The quantitative estimate of drug-likeness (QED) is 0.623. The molecule has 7 nitrogen and oxygen atoms in total. The molecule has 1 N–H and O–H groups in total. The Morgan fingerprint density at radius 1 is 1.12 bits per heavy atom. The Hall–Kier alpha value is -3.61. The summed E-state index contributed by atoms with van der Waals surface area (Å²) in [6.07, 6.45) is 3.08. The number of nitrogens with zero attached hydrogens (tertiary/aromatic N) is 3. The van der Waals surface area contributed by atoms with Gasteiger partial charge in [0.25, 0.3) is 5.91 Å². The zero-order chi connectivity index (χ0) is 22.8. The second kappa shape index (κ2) is 9.10. The van der Waals surface area contributed by atoms with Crippen LogP contribution in [0.3, 0.4) is 0 Å². The Balaban J connectivity index is 1.24. The van der Waals surface area contributed by atoms with Crippen LogP contribution in [0.1, 0.15) is 34.3 Å². The van der Waals surface area contributed by atoms with Gasteiger partial charge in [-0.15, -0.1) is 10.2 Å². The van der Waals surface area contributed by atoms with Crippen molar-refractivity contribution < 1.29 is 14.3 Å². The normalized spacial score (nSPS) is 16.9. The van der Waals surface area contributed by atoms with E-state index in [0.717, 1.165) is 47.6 Å². The molecule has 3 aromatic rings. The number of methoxy groups -OCH3 is 1. The summed E-state index contributed by atoms with van der Waals surface area (Å²) in [5, 5.41) is 11.4. The van der Waals surface area contributed by atoms with Crippen LogP contribution in [0, 0.1) is 6.92 Å². The smallest absolute Gasteiger partial charge is 0.251 e. The van der Waals surface area contributed by atoms with E-state index in [1.165, 1.54) is 18.5 Å². The molecule has 7 heteroatoms. The van der Waals surface area contributed by atoms with Crippen LogP contribution in [0.25, 0.3) is 11.3 Å². The van der Waals surface area contributed by atoms with E-state index in [-0.39, 0.29) is 12.0 Å². The summed E-state index contributed by atoms with van der Waals surface area (Å²) >= 11 is 0. The molecule has 170 valence electrons. The minimum absolute atomic E-state index is 0.0834. The summed E-state index contributed by atoms with van der Waals surface area (Å²) in [4.78, 5) is 15.1. The van der Waals surface area contributed by atoms with Crippen molar-refractivity contribution in [3.8, 4) is 22.9 Å². The van der Waals surface area contributed by atoms with Gasteiger partial charge in [0, 0.05) is 42.4 Å². The number of anilines is 1. The number of nitrogens with one attached hydrogen (secondary N) is 1. The predicted molar refractivity (Wildman–Crippen MR) is 127 cm³/mol. The second-order valence-corrected chi connectivity index (χ2v) is 8.66. The van der Waals surface area contributed by atoms with Gasteiger partial charge in [-0.3, -0.25) is 4.79 Å². The highest BCUT2D eigenvalue weighted by Gasteiger charge is 2.27. The van der Waals surface area contributed by atoms with E-state index in [1.807, 2.05) is 30.3 Å². The fourth-order valence-corrected chi connectivity index (χ4v) is 4.58. The number of carbonyl (C=O) groups excluding carboxylic acids is 1. The van der Waals surface area contributed by atoms with Crippen LogP contribution in [0.2, 0.25) is 0 Å². The van der Waals surface area contributed by atoms with Crippen LogP contribution >= 0.6 is 0 Å². The third-order valence-electron chi connectivity index (χ3n) is 6.26. The molecule has 1 amide bonds. The van der Waals surface area contributed by atoms with Crippen LogP contribution < -0.4 is 19.7 Å². The lowest BCUT2D eigenvalue weighted by atomic mass is 10.0. The highest BCUT2D eigenvalue weighted by atomic mass is 16.5. The molecule has 33 heavy (non-hydrogen) atoms. The fourth-order valence-electron chi connectivity index (χ4n) is 4.58. The molecular formula is C26H28N4O3. The molecule has 5 rings (SSSR count). The molecule has 1 fully saturated rings. The maximum Gasteiger partial charge on any atom is 0.251 e. The molecule has 0 aliphatic carbocycles. The van der Waals surface area contributed by atoms with Gasteiger partial charge >= 0.3 is 0 Å². The number of benzene rings is 2. The van der Waals surface area contributed by atoms with Crippen LogP contribution in [0.4, 0.5) is 5.69 Å². The molecule has 0 spiro atoms. The van der Waals surface area contributed by atoms with E-state index in [9.17, 15) is 4.79 Å². The van der Waals surface area contributed by atoms with E-state index in [2.05, 4.69) is 39.5 Å². The first-order valence-electron chi connectivity index (χ1n) is 11.4. The monoisotopic (exact) mass is 444 g/mol. The molecular weight excluding hydrogens is 416 g/mol. The zero-order valence-electron chi connectivity index (χ0n) is 19.0. The molecule has 1 saturated heterocycles. The van der Waals surface area contributed by atoms with E-state index in [1.54, 1.807) is 13.2 Å². The van der Waals surface area contributed by atoms with Gasteiger partial charge in [0.15, 0.2) is 0 Å². The van der Waals surface area contributed by atoms with Crippen LogP contribution in [-0.2, 0) is 6.42 Å². The lowest BCUT2D eigenvalue weighted by molar-refractivity contribution is 0.0933. The van der Waals surface area contributed by atoms with Crippen LogP contribution in [-0.4, -0.2) is 49.0 Å². The number of rotatable bonds is 6. The molecule has 2 aliphatic rings. The van der Waals surface area contributed by atoms with E-state index >= 15 is 0 Å². The maximum atomic E-state index is 12.7. The molecule has 0 saturated carbocycles. The van der Waals surface area contributed by atoms with E-state index < -0.39 is 0 Å². The van der Waals surface area contributed by atoms with Crippen molar-refractivity contribution in [3.05, 3.63) is 65.2 Å². The van der Waals surface area contributed by atoms with Gasteiger partial charge in [-0.2, -0.15) is 0 Å². The summed E-state index contributed by atoms with van der Waals surface area (Å²) in [5.41, 5.74) is 5.75. The standard InChI is InChI=1S/C26H28N4O3/c1-17-13-19-15-21(33-25(19)22(14-17)23-9-10-24(32-2)29-28-23)16-27-26(31)18-5-7-20(8-6-18)30-11-3-4-12-30/h5-10,13-14,21H,3-4,11-12,15-16H2,1-2H3,(H,27,31)/t21-/m1/s1. The van der Waals surface area contributed by atoms with Crippen molar-refractivity contribution in [3.63, 3.8) is 0 Å². The van der Waals surface area contributed by atoms with E-state index in [4.69, 9.17) is 9.47 Å².